The summed E-state index contributed by atoms with van der Waals surface area (Å²) in [5.41, 5.74) is 0. The Bertz CT molecular complexity index is 161. The fourth-order valence-electron chi connectivity index (χ4n) is 0.186. The Morgan fingerprint density at radius 1 is 1.44 bits per heavy atom. The number of nitrogens with zero attached hydrogens (tertiary/aromatic N) is 3. The molecule has 0 aliphatic heterocycles. The molecular formula is C3H4Cl2N4. The van der Waals surface area contributed by atoms with Gasteiger partial charge in [0.1, 0.15) is 0 Å². The molecule has 0 bridgehead atoms. The van der Waals surface area contributed by atoms with E-state index in [1.807, 2.05) is 0 Å². The molecule has 0 aliphatic carbocycles. The molecule has 0 spiro atoms. The lowest BCUT2D eigenvalue weighted by Gasteiger charge is -1.81. The van der Waals surface area contributed by atoms with Crippen LogP contribution in [0.5, 0.6) is 0 Å². The number of halogens is 2. The first kappa shape index (κ1) is 8.52. The number of amidine groups is 2. The first-order valence-corrected chi connectivity index (χ1v) is 2.70. The summed E-state index contributed by atoms with van der Waals surface area (Å²) in [6.45, 7) is 0. The number of aliphatic imine (C=N–C) groups is 1. The van der Waals surface area contributed by atoms with Crippen LogP contribution in [0.2, 0.25) is 0 Å². The Morgan fingerprint density at radius 3 is 2.33 bits per heavy atom. The Balaban J connectivity index is 4.00. The van der Waals surface area contributed by atoms with Gasteiger partial charge in [-0.3, -0.25) is 5.41 Å². The Morgan fingerprint density at radius 2 is 2.00 bits per heavy atom. The summed E-state index contributed by atoms with van der Waals surface area (Å²) in [4.78, 5) is 3.24. The molecule has 0 radical (unpaired) electrons. The van der Waals surface area contributed by atoms with Gasteiger partial charge in [0.25, 0.3) is 0 Å². The molecule has 0 aromatic carbocycles. The molecule has 6 heteroatoms. The van der Waals surface area contributed by atoms with Gasteiger partial charge in [0.15, 0.2) is 0 Å². The van der Waals surface area contributed by atoms with E-state index in [0.717, 1.165) is 0 Å². The highest BCUT2D eigenvalue weighted by Gasteiger charge is 1.88. The molecule has 0 fully saturated rings. The highest BCUT2D eigenvalue weighted by molar-refractivity contribution is 6.70. The lowest BCUT2D eigenvalue weighted by atomic mass is 11.2. The molecule has 0 aromatic heterocycles. The lowest BCUT2D eigenvalue weighted by molar-refractivity contribution is 1.21. The monoisotopic (exact) mass is 166 g/mol. The van der Waals surface area contributed by atoms with Crippen molar-refractivity contribution in [2.24, 2.45) is 15.2 Å². The summed E-state index contributed by atoms with van der Waals surface area (Å²) in [7, 11) is 1.44. The van der Waals surface area contributed by atoms with Gasteiger partial charge in [-0.15, -0.1) is 5.11 Å². The van der Waals surface area contributed by atoms with Crippen molar-refractivity contribution >= 4 is 33.8 Å². The molecule has 0 saturated carbocycles. The summed E-state index contributed by atoms with van der Waals surface area (Å²) >= 11 is 10.3. The maximum Gasteiger partial charge on any atom is 0.245 e. The highest BCUT2D eigenvalue weighted by Crippen LogP contribution is 1.91. The van der Waals surface area contributed by atoms with Gasteiger partial charge < -0.3 is 0 Å². The topological polar surface area (TPSA) is 60.9 Å². The predicted molar refractivity (Wildman–Crippen MR) is 37.6 cm³/mol. The molecule has 4 nitrogen and oxygen atoms in total. The van der Waals surface area contributed by atoms with Crippen molar-refractivity contribution < 1.29 is 0 Å². The average Bonchev–Trinajstić information content (AvgIpc) is 1.63. The van der Waals surface area contributed by atoms with E-state index in [-0.39, 0.29) is 5.29 Å². The molecule has 0 atom stereocenters. The Hall–Kier alpha value is -0.480. The quantitative estimate of drug-likeness (QED) is 0.247. The second kappa shape index (κ2) is 4.40. The van der Waals surface area contributed by atoms with Crippen molar-refractivity contribution in [2.45, 2.75) is 0 Å². The van der Waals surface area contributed by atoms with Gasteiger partial charge in [-0.05, 0) is 23.2 Å². The summed E-state index contributed by atoms with van der Waals surface area (Å²) in [6.07, 6.45) is 0. The van der Waals surface area contributed by atoms with Gasteiger partial charge in [0.05, 0.1) is 0 Å². The molecule has 0 rings (SSSR count). The minimum absolute atomic E-state index is 0.141. The van der Waals surface area contributed by atoms with Gasteiger partial charge in [-0.25, -0.2) is 0 Å². The number of hydrogen-bond donors (Lipinski definition) is 1. The maximum absolute atomic E-state index is 6.59. The molecule has 0 amide bonds. The van der Waals surface area contributed by atoms with Gasteiger partial charge in [-0.2, -0.15) is 10.1 Å². The van der Waals surface area contributed by atoms with Gasteiger partial charge in [0, 0.05) is 7.05 Å². The minimum atomic E-state index is -0.410. The van der Waals surface area contributed by atoms with E-state index < -0.39 is 5.29 Å². The molecule has 0 saturated heterocycles. The van der Waals surface area contributed by atoms with Crippen LogP contribution in [0.1, 0.15) is 0 Å². The summed E-state index contributed by atoms with van der Waals surface area (Å²) < 4.78 is 0. The van der Waals surface area contributed by atoms with Crippen molar-refractivity contribution in [3.05, 3.63) is 0 Å². The third-order valence-corrected chi connectivity index (χ3v) is 0.618. The van der Waals surface area contributed by atoms with Crippen molar-refractivity contribution in [1.82, 2.24) is 0 Å². The third kappa shape index (κ3) is 5.39. The van der Waals surface area contributed by atoms with Crippen molar-refractivity contribution in [3.63, 3.8) is 0 Å². The Labute approximate surface area is 62.1 Å². The largest absolute Gasteiger partial charge is 0.272 e. The minimum Gasteiger partial charge on any atom is -0.272 e. The molecule has 0 heterocycles. The molecule has 0 aliphatic rings. The zero-order chi connectivity index (χ0) is 7.28. The second-order valence-corrected chi connectivity index (χ2v) is 1.67. The normalized spacial score (nSPS) is 12.6. The highest BCUT2D eigenvalue weighted by atomic mass is 35.5. The van der Waals surface area contributed by atoms with E-state index in [0.29, 0.717) is 0 Å². The fourth-order valence-corrected chi connectivity index (χ4v) is 0.469. The number of nitrogens with one attached hydrogen (secondary N) is 1. The van der Waals surface area contributed by atoms with Crippen LogP contribution in [-0.2, 0) is 0 Å². The number of rotatable bonds is 0. The van der Waals surface area contributed by atoms with Crippen LogP contribution >= 0.6 is 23.2 Å². The van der Waals surface area contributed by atoms with Gasteiger partial charge >= 0.3 is 0 Å². The molecular weight excluding hydrogens is 163 g/mol. The smallest absolute Gasteiger partial charge is 0.245 e. The van der Waals surface area contributed by atoms with Crippen LogP contribution in [0.15, 0.2) is 15.2 Å². The Kier molecular flexibility index (Phi) is 4.17. The molecule has 9 heavy (non-hydrogen) atoms. The van der Waals surface area contributed by atoms with E-state index in [2.05, 4.69) is 15.2 Å². The van der Waals surface area contributed by atoms with Crippen LogP contribution in [0.25, 0.3) is 0 Å². The third-order valence-electron chi connectivity index (χ3n) is 0.373. The summed E-state index contributed by atoms with van der Waals surface area (Å²) in [5, 5.41) is 12.6. The van der Waals surface area contributed by atoms with Gasteiger partial charge in [0.2, 0.25) is 10.6 Å². The van der Waals surface area contributed by atoms with Crippen LogP contribution < -0.4 is 0 Å². The van der Waals surface area contributed by atoms with Crippen LogP contribution in [0.3, 0.4) is 0 Å². The standard InChI is InChI=1S/C3H4Cl2N4/c1-7-9-3(5)8-2(4)6/h6H,1H3. The fraction of sp³-hybridized carbons (Fsp3) is 0.333. The van der Waals surface area contributed by atoms with Crippen LogP contribution in [-0.4, -0.2) is 17.6 Å². The van der Waals surface area contributed by atoms with Crippen LogP contribution in [0, 0.1) is 5.41 Å². The lowest BCUT2D eigenvalue weighted by Crippen LogP contribution is -1.83. The van der Waals surface area contributed by atoms with E-state index in [4.69, 9.17) is 28.6 Å². The SMILES string of the molecule is CN=NC(Cl)=NC(=N)Cl. The van der Waals surface area contributed by atoms with Gasteiger partial charge in [-0.1, -0.05) is 0 Å². The molecule has 0 aromatic rings. The van der Waals surface area contributed by atoms with Crippen molar-refractivity contribution in [2.75, 3.05) is 7.05 Å². The van der Waals surface area contributed by atoms with E-state index in [9.17, 15) is 0 Å². The molecule has 1 N–H and O–H groups in total. The summed E-state index contributed by atoms with van der Waals surface area (Å²) in [5.74, 6) is 0. The number of azo groups is 1. The first-order chi connectivity index (χ1) is 4.16. The van der Waals surface area contributed by atoms with Crippen molar-refractivity contribution in [1.29, 1.82) is 5.41 Å². The zero-order valence-corrected chi connectivity index (χ0v) is 6.11. The van der Waals surface area contributed by atoms with Crippen molar-refractivity contribution in [3.8, 4) is 0 Å². The maximum atomic E-state index is 6.59. The van der Waals surface area contributed by atoms with E-state index >= 15 is 0 Å². The summed E-state index contributed by atoms with van der Waals surface area (Å²) in [6, 6.07) is 0. The first-order valence-electron chi connectivity index (χ1n) is 1.95. The van der Waals surface area contributed by atoms with Crippen LogP contribution in [0.4, 0.5) is 0 Å². The average molecular weight is 167 g/mol. The number of hydrogen-bond acceptors (Lipinski definition) is 2. The second-order valence-electron chi connectivity index (χ2n) is 0.972. The zero-order valence-electron chi connectivity index (χ0n) is 4.60. The van der Waals surface area contributed by atoms with E-state index in [1.54, 1.807) is 0 Å². The molecule has 0 unspecified atom stereocenters. The molecule has 50 valence electrons. The van der Waals surface area contributed by atoms with E-state index in [1.165, 1.54) is 7.05 Å². The predicted octanol–water partition coefficient (Wildman–Crippen LogP) is 1.84.